The van der Waals surface area contributed by atoms with E-state index in [1.165, 1.54) is 6.07 Å². The number of phenolic OH excluding ortho intramolecular Hbond substituents is 2. The van der Waals surface area contributed by atoms with E-state index in [0.717, 1.165) is 18.2 Å². The summed E-state index contributed by atoms with van der Waals surface area (Å²) in [4.78, 5) is 36.2. The van der Waals surface area contributed by atoms with Crippen LogP contribution in [0.2, 0.25) is 0 Å². The molecule has 0 atom stereocenters. The second kappa shape index (κ2) is 6.20. The average Bonchev–Trinajstić information content (AvgIpc) is 2.66. The van der Waals surface area contributed by atoms with E-state index in [9.17, 15) is 29.9 Å². The van der Waals surface area contributed by atoms with E-state index < -0.39 is 27.9 Å². The van der Waals surface area contributed by atoms with Gasteiger partial charge >= 0.3 is 5.69 Å². The van der Waals surface area contributed by atoms with Gasteiger partial charge in [-0.05, 0) is 24.3 Å². The molecule has 0 spiro atoms. The molecule has 0 aliphatic heterocycles. The minimum atomic E-state index is -0.831. The van der Waals surface area contributed by atoms with E-state index in [1.54, 1.807) is 30.3 Å². The predicted molar refractivity (Wildman–Crippen MR) is 99.5 cm³/mol. The molecule has 0 unspecified atom stereocenters. The third-order valence-corrected chi connectivity index (χ3v) is 4.45. The van der Waals surface area contributed by atoms with Crippen LogP contribution in [-0.2, 0) is 0 Å². The standard InChI is InChI=1S/C20H12N2O6/c23-11-6-14-18(15(7-11)21-10-4-2-1-3-5-10)20(26)12-8-16(22(27)28)17(24)9-13(12)19(14)25/h1-9,21,23-24H. The first-order chi connectivity index (χ1) is 13.4. The molecule has 1 aliphatic rings. The maximum absolute atomic E-state index is 13.1. The second-order valence-electron chi connectivity index (χ2n) is 6.21. The topological polar surface area (TPSA) is 130 Å². The van der Waals surface area contributed by atoms with E-state index in [0.29, 0.717) is 5.69 Å². The van der Waals surface area contributed by atoms with E-state index >= 15 is 0 Å². The number of para-hydroxylation sites is 1. The van der Waals surface area contributed by atoms with Crippen molar-refractivity contribution in [3.63, 3.8) is 0 Å². The van der Waals surface area contributed by atoms with Crippen LogP contribution in [0.25, 0.3) is 0 Å². The van der Waals surface area contributed by atoms with Crippen molar-refractivity contribution in [1.82, 2.24) is 0 Å². The van der Waals surface area contributed by atoms with Gasteiger partial charge in [-0.25, -0.2) is 0 Å². The van der Waals surface area contributed by atoms with Crippen molar-refractivity contribution in [3.05, 3.63) is 87.0 Å². The van der Waals surface area contributed by atoms with Gasteiger partial charge < -0.3 is 15.5 Å². The number of ketones is 2. The monoisotopic (exact) mass is 376 g/mol. The molecular formula is C20H12N2O6. The molecule has 3 N–H and O–H groups in total. The number of carbonyl (C=O) groups excluding carboxylic acids is 2. The third kappa shape index (κ3) is 2.64. The SMILES string of the molecule is O=C1c2cc(O)c([N+](=O)[O-])cc2C(=O)c2c(Nc3ccccc3)cc(O)cc21. The molecule has 0 heterocycles. The van der Waals surface area contributed by atoms with Crippen LogP contribution in [0.1, 0.15) is 31.8 Å². The molecule has 0 saturated carbocycles. The maximum Gasteiger partial charge on any atom is 0.311 e. The Morgan fingerprint density at radius 2 is 1.54 bits per heavy atom. The van der Waals surface area contributed by atoms with Crippen molar-refractivity contribution < 1.29 is 24.7 Å². The van der Waals surface area contributed by atoms with Gasteiger partial charge in [0.15, 0.2) is 17.3 Å². The number of anilines is 2. The summed E-state index contributed by atoms with van der Waals surface area (Å²) in [5, 5.41) is 33.9. The van der Waals surface area contributed by atoms with Gasteiger partial charge in [0.1, 0.15) is 5.75 Å². The first-order valence-corrected chi connectivity index (χ1v) is 8.16. The molecule has 1 aliphatic carbocycles. The molecule has 3 aromatic carbocycles. The van der Waals surface area contributed by atoms with Crippen molar-refractivity contribution in [1.29, 1.82) is 0 Å². The summed E-state index contributed by atoms with van der Waals surface area (Å²) in [5.41, 5.74) is -0.234. The summed E-state index contributed by atoms with van der Waals surface area (Å²) in [7, 11) is 0. The summed E-state index contributed by atoms with van der Waals surface area (Å²) in [6, 6.07) is 13.1. The Labute approximate surface area is 157 Å². The number of nitro groups is 1. The molecule has 8 nitrogen and oxygen atoms in total. The minimum Gasteiger partial charge on any atom is -0.508 e. The Morgan fingerprint density at radius 1 is 0.857 bits per heavy atom. The van der Waals surface area contributed by atoms with Gasteiger partial charge in [0.05, 0.1) is 16.2 Å². The average molecular weight is 376 g/mol. The first-order valence-electron chi connectivity index (χ1n) is 8.16. The van der Waals surface area contributed by atoms with Crippen LogP contribution in [0.4, 0.5) is 17.1 Å². The number of hydrogen-bond acceptors (Lipinski definition) is 7. The molecule has 0 radical (unpaired) electrons. The number of aromatic hydroxyl groups is 2. The number of fused-ring (bicyclic) bond motifs is 2. The number of benzene rings is 3. The van der Waals surface area contributed by atoms with Crippen LogP contribution < -0.4 is 5.32 Å². The lowest BCUT2D eigenvalue weighted by Gasteiger charge is -2.21. The minimum absolute atomic E-state index is 0.000796. The van der Waals surface area contributed by atoms with Gasteiger partial charge in [0, 0.05) is 34.5 Å². The number of rotatable bonds is 3. The maximum atomic E-state index is 13.1. The van der Waals surface area contributed by atoms with Crippen LogP contribution >= 0.6 is 0 Å². The van der Waals surface area contributed by atoms with Gasteiger partial charge in [-0.3, -0.25) is 19.7 Å². The smallest absolute Gasteiger partial charge is 0.311 e. The summed E-state index contributed by atoms with van der Waals surface area (Å²) < 4.78 is 0. The number of nitro benzene ring substituents is 1. The summed E-state index contributed by atoms with van der Waals surface area (Å²) in [6.45, 7) is 0. The highest BCUT2D eigenvalue weighted by Crippen LogP contribution is 2.39. The van der Waals surface area contributed by atoms with Gasteiger partial charge in [0.25, 0.3) is 0 Å². The van der Waals surface area contributed by atoms with Crippen LogP contribution in [0.5, 0.6) is 11.5 Å². The van der Waals surface area contributed by atoms with Crippen molar-refractivity contribution in [2.45, 2.75) is 0 Å². The molecule has 3 aromatic rings. The zero-order valence-electron chi connectivity index (χ0n) is 14.2. The first kappa shape index (κ1) is 17.2. The molecule has 0 aromatic heterocycles. The zero-order chi connectivity index (χ0) is 20.0. The van der Waals surface area contributed by atoms with Gasteiger partial charge in [0.2, 0.25) is 0 Å². The molecule has 4 rings (SSSR count). The second-order valence-corrected chi connectivity index (χ2v) is 6.21. The number of hydrogen-bond donors (Lipinski definition) is 3. The number of nitrogens with zero attached hydrogens (tertiary/aromatic N) is 1. The van der Waals surface area contributed by atoms with Crippen LogP contribution in [0.3, 0.4) is 0 Å². The Kier molecular flexibility index (Phi) is 3.82. The van der Waals surface area contributed by atoms with Crippen LogP contribution in [0, 0.1) is 10.1 Å². The Morgan fingerprint density at radius 3 is 2.21 bits per heavy atom. The number of nitrogens with one attached hydrogen (secondary N) is 1. The van der Waals surface area contributed by atoms with E-state index in [2.05, 4.69) is 5.32 Å². The van der Waals surface area contributed by atoms with Crippen LogP contribution in [0.15, 0.2) is 54.6 Å². The van der Waals surface area contributed by atoms with Crippen molar-refractivity contribution in [2.75, 3.05) is 5.32 Å². The Hall–Kier alpha value is -4.20. The molecular weight excluding hydrogens is 364 g/mol. The highest BCUT2D eigenvalue weighted by Gasteiger charge is 2.35. The van der Waals surface area contributed by atoms with Crippen LogP contribution in [-0.4, -0.2) is 26.7 Å². The highest BCUT2D eigenvalue weighted by molar-refractivity contribution is 6.30. The third-order valence-electron chi connectivity index (χ3n) is 4.45. The number of carbonyl (C=O) groups is 2. The lowest BCUT2D eigenvalue weighted by atomic mass is 9.82. The molecule has 28 heavy (non-hydrogen) atoms. The normalized spacial score (nSPS) is 12.3. The fourth-order valence-corrected chi connectivity index (χ4v) is 3.20. The van der Waals surface area contributed by atoms with E-state index in [1.807, 2.05) is 0 Å². The van der Waals surface area contributed by atoms with Gasteiger partial charge in [-0.1, -0.05) is 18.2 Å². The Balaban J connectivity index is 1.92. The molecule has 0 amide bonds. The predicted octanol–water partition coefficient (Wildman–Crippen LogP) is 3.53. The molecule has 138 valence electrons. The van der Waals surface area contributed by atoms with Gasteiger partial charge in [-0.2, -0.15) is 0 Å². The van der Waals surface area contributed by atoms with Crippen molar-refractivity contribution in [3.8, 4) is 11.5 Å². The molecule has 0 bridgehead atoms. The summed E-state index contributed by atoms with van der Waals surface area (Å²) in [6.07, 6.45) is 0. The van der Waals surface area contributed by atoms with Crippen molar-refractivity contribution >= 4 is 28.6 Å². The number of phenols is 2. The van der Waals surface area contributed by atoms with E-state index in [4.69, 9.17) is 0 Å². The summed E-state index contributed by atoms with van der Waals surface area (Å²) in [5.74, 6) is -2.18. The fraction of sp³-hybridized carbons (Fsp3) is 0. The zero-order valence-corrected chi connectivity index (χ0v) is 14.2. The van der Waals surface area contributed by atoms with E-state index in [-0.39, 0.29) is 33.7 Å². The molecule has 8 heteroatoms. The quantitative estimate of drug-likeness (QED) is 0.368. The largest absolute Gasteiger partial charge is 0.508 e. The Bertz CT molecular complexity index is 1170. The fourth-order valence-electron chi connectivity index (χ4n) is 3.20. The van der Waals surface area contributed by atoms with Gasteiger partial charge in [-0.15, -0.1) is 0 Å². The molecule has 0 saturated heterocycles. The highest BCUT2D eigenvalue weighted by atomic mass is 16.6. The molecule has 0 fully saturated rings. The lowest BCUT2D eigenvalue weighted by Crippen LogP contribution is -2.22. The van der Waals surface area contributed by atoms with Crippen molar-refractivity contribution in [2.24, 2.45) is 0 Å². The lowest BCUT2D eigenvalue weighted by molar-refractivity contribution is -0.385. The summed E-state index contributed by atoms with van der Waals surface area (Å²) >= 11 is 0.